The second kappa shape index (κ2) is 7.43. The molecule has 0 saturated carbocycles. The summed E-state index contributed by atoms with van der Waals surface area (Å²) in [4.78, 5) is 17.0. The van der Waals surface area contributed by atoms with Crippen LogP contribution in [0.1, 0.15) is 25.5 Å². The Morgan fingerprint density at radius 3 is 2.42 bits per heavy atom. The molecule has 3 rings (SSSR count). The second-order valence-electron chi connectivity index (χ2n) is 6.21. The third-order valence-electron chi connectivity index (χ3n) is 4.60. The summed E-state index contributed by atoms with van der Waals surface area (Å²) >= 11 is 0. The van der Waals surface area contributed by atoms with E-state index in [1.807, 2.05) is 61.2 Å². The van der Waals surface area contributed by atoms with Crippen molar-refractivity contribution in [3.05, 3.63) is 48.2 Å². The van der Waals surface area contributed by atoms with Crippen LogP contribution in [-0.4, -0.2) is 35.7 Å². The molecule has 0 unspecified atom stereocenters. The van der Waals surface area contributed by atoms with Crippen molar-refractivity contribution < 1.29 is 4.79 Å². The minimum atomic E-state index is 0.0832. The fourth-order valence-corrected chi connectivity index (χ4v) is 3.21. The number of carbonyl (C=O) groups excluding carboxylic acids is 1. The first kappa shape index (κ1) is 16.4. The van der Waals surface area contributed by atoms with Gasteiger partial charge in [-0.3, -0.25) is 4.79 Å². The Labute approximate surface area is 143 Å². The first-order valence-corrected chi connectivity index (χ1v) is 8.60. The predicted molar refractivity (Wildman–Crippen MR) is 96.2 cm³/mol. The summed E-state index contributed by atoms with van der Waals surface area (Å²) in [5.41, 5.74) is 1.90. The molecule has 1 amide bonds. The van der Waals surface area contributed by atoms with Gasteiger partial charge in [0.15, 0.2) is 5.82 Å². The van der Waals surface area contributed by atoms with Crippen LogP contribution in [0.5, 0.6) is 0 Å². The molecule has 0 spiro atoms. The summed E-state index contributed by atoms with van der Waals surface area (Å²) in [5.74, 6) is 1.22. The van der Waals surface area contributed by atoms with Crippen molar-refractivity contribution in [2.75, 3.05) is 29.4 Å². The zero-order valence-electron chi connectivity index (χ0n) is 14.4. The molecule has 0 aliphatic carbocycles. The van der Waals surface area contributed by atoms with Gasteiger partial charge in [0, 0.05) is 31.2 Å². The van der Waals surface area contributed by atoms with Crippen molar-refractivity contribution in [2.45, 2.75) is 26.7 Å². The van der Waals surface area contributed by atoms with E-state index in [9.17, 15) is 4.79 Å². The SMILES string of the molecule is CCN(C(=O)C1CCN(c2ccc(C)nn2)CC1)c1ccccc1. The van der Waals surface area contributed by atoms with Crippen LogP contribution >= 0.6 is 0 Å². The summed E-state index contributed by atoms with van der Waals surface area (Å²) in [6.07, 6.45) is 1.72. The molecule has 2 heterocycles. The van der Waals surface area contributed by atoms with Gasteiger partial charge in [-0.1, -0.05) is 18.2 Å². The summed E-state index contributed by atoms with van der Waals surface area (Å²) in [7, 11) is 0. The molecular formula is C19H24N4O. The Balaban J connectivity index is 1.63. The minimum Gasteiger partial charge on any atom is -0.355 e. The molecule has 24 heavy (non-hydrogen) atoms. The lowest BCUT2D eigenvalue weighted by atomic mass is 9.95. The Bertz CT molecular complexity index is 664. The largest absolute Gasteiger partial charge is 0.355 e. The van der Waals surface area contributed by atoms with Gasteiger partial charge in [0.05, 0.1) is 5.69 Å². The number of hydrogen-bond acceptors (Lipinski definition) is 4. The molecule has 1 aromatic heterocycles. The van der Waals surface area contributed by atoms with E-state index in [1.165, 1.54) is 0 Å². The van der Waals surface area contributed by atoms with Gasteiger partial charge in [-0.2, -0.15) is 5.10 Å². The van der Waals surface area contributed by atoms with Crippen molar-refractivity contribution in [2.24, 2.45) is 5.92 Å². The fourth-order valence-electron chi connectivity index (χ4n) is 3.21. The maximum Gasteiger partial charge on any atom is 0.230 e. The number of aryl methyl sites for hydroxylation is 1. The van der Waals surface area contributed by atoms with Gasteiger partial charge >= 0.3 is 0 Å². The van der Waals surface area contributed by atoms with Gasteiger partial charge in [-0.15, -0.1) is 5.10 Å². The molecule has 5 heteroatoms. The Kier molecular flexibility index (Phi) is 5.08. The molecule has 1 aliphatic rings. The average molecular weight is 324 g/mol. The van der Waals surface area contributed by atoms with Gasteiger partial charge in [0.25, 0.3) is 0 Å². The molecular weight excluding hydrogens is 300 g/mol. The van der Waals surface area contributed by atoms with Crippen LogP contribution in [0, 0.1) is 12.8 Å². The molecule has 1 saturated heterocycles. The highest BCUT2D eigenvalue weighted by molar-refractivity contribution is 5.95. The minimum absolute atomic E-state index is 0.0832. The topological polar surface area (TPSA) is 49.3 Å². The van der Waals surface area contributed by atoms with E-state index >= 15 is 0 Å². The number of aromatic nitrogens is 2. The molecule has 0 atom stereocenters. The molecule has 0 bridgehead atoms. The maximum absolute atomic E-state index is 12.9. The fraction of sp³-hybridized carbons (Fsp3) is 0.421. The molecule has 1 fully saturated rings. The zero-order valence-corrected chi connectivity index (χ0v) is 14.4. The summed E-state index contributed by atoms with van der Waals surface area (Å²) in [5, 5.41) is 8.37. The van der Waals surface area contributed by atoms with Crippen LogP contribution in [0.15, 0.2) is 42.5 Å². The number of piperidine rings is 1. The number of nitrogens with zero attached hydrogens (tertiary/aromatic N) is 4. The first-order chi connectivity index (χ1) is 11.7. The predicted octanol–water partition coefficient (Wildman–Crippen LogP) is 3.05. The quantitative estimate of drug-likeness (QED) is 0.867. The van der Waals surface area contributed by atoms with Crippen molar-refractivity contribution in [1.29, 1.82) is 0 Å². The van der Waals surface area contributed by atoms with Crippen LogP contribution < -0.4 is 9.80 Å². The van der Waals surface area contributed by atoms with Crippen LogP contribution in [0.3, 0.4) is 0 Å². The van der Waals surface area contributed by atoms with E-state index in [0.717, 1.165) is 43.1 Å². The smallest absolute Gasteiger partial charge is 0.230 e. The van der Waals surface area contributed by atoms with E-state index < -0.39 is 0 Å². The van der Waals surface area contributed by atoms with Crippen molar-refractivity contribution in [3.8, 4) is 0 Å². The van der Waals surface area contributed by atoms with E-state index in [4.69, 9.17) is 0 Å². The Hall–Kier alpha value is -2.43. The monoisotopic (exact) mass is 324 g/mol. The highest BCUT2D eigenvalue weighted by Gasteiger charge is 2.29. The van der Waals surface area contributed by atoms with Gasteiger partial charge in [-0.05, 0) is 51.0 Å². The van der Waals surface area contributed by atoms with Gasteiger partial charge in [0.2, 0.25) is 5.91 Å². The standard InChI is InChI=1S/C19H24N4O/c1-3-23(17-7-5-4-6-8-17)19(24)16-11-13-22(14-12-16)18-10-9-15(2)20-21-18/h4-10,16H,3,11-14H2,1-2H3. The molecule has 0 radical (unpaired) electrons. The normalized spacial score (nSPS) is 15.3. The number of carbonyl (C=O) groups is 1. The molecule has 1 aliphatic heterocycles. The van der Waals surface area contributed by atoms with Crippen LogP contribution in [0.4, 0.5) is 11.5 Å². The van der Waals surface area contributed by atoms with Crippen LogP contribution in [0.25, 0.3) is 0 Å². The number of amides is 1. The molecule has 2 aromatic rings. The van der Waals surface area contributed by atoms with E-state index in [0.29, 0.717) is 6.54 Å². The summed E-state index contributed by atoms with van der Waals surface area (Å²) in [6, 6.07) is 13.9. The third-order valence-corrected chi connectivity index (χ3v) is 4.60. The zero-order chi connectivity index (χ0) is 16.9. The maximum atomic E-state index is 12.9. The van der Waals surface area contributed by atoms with Crippen LogP contribution in [0.2, 0.25) is 0 Å². The van der Waals surface area contributed by atoms with Gasteiger partial charge in [0.1, 0.15) is 0 Å². The lowest BCUT2D eigenvalue weighted by Gasteiger charge is -2.34. The third kappa shape index (κ3) is 3.55. The number of rotatable bonds is 4. The van der Waals surface area contributed by atoms with Gasteiger partial charge in [-0.25, -0.2) is 0 Å². The first-order valence-electron chi connectivity index (χ1n) is 8.60. The molecule has 1 aromatic carbocycles. The number of para-hydroxylation sites is 1. The number of benzene rings is 1. The van der Waals surface area contributed by atoms with E-state index in [-0.39, 0.29) is 11.8 Å². The summed E-state index contributed by atoms with van der Waals surface area (Å²) in [6.45, 7) is 6.36. The van der Waals surface area contributed by atoms with Crippen LogP contribution in [-0.2, 0) is 4.79 Å². The highest BCUT2D eigenvalue weighted by Crippen LogP contribution is 2.25. The average Bonchev–Trinajstić information content (AvgIpc) is 2.64. The van der Waals surface area contributed by atoms with Crippen molar-refractivity contribution in [3.63, 3.8) is 0 Å². The molecule has 5 nitrogen and oxygen atoms in total. The summed E-state index contributed by atoms with van der Waals surface area (Å²) < 4.78 is 0. The molecule has 126 valence electrons. The van der Waals surface area contributed by atoms with E-state index in [2.05, 4.69) is 15.1 Å². The second-order valence-corrected chi connectivity index (χ2v) is 6.21. The van der Waals surface area contributed by atoms with Crippen molar-refractivity contribution in [1.82, 2.24) is 10.2 Å². The lowest BCUT2D eigenvalue weighted by Crippen LogP contribution is -2.43. The Morgan fingerprint density at radius 1 is 1.12 bits per heavy atom. The highest BCUT2D eigenvalue weighted by atomic mass is 16.2. The lowest BCUT2D eigenvalue weighted by molar-refractivity contribution is -0.122. The molecule has 0 N–H and O–H groups in total. The number of hydrogen-bond donors (Lipinski definition) is 0. The number of anilines is 2. The van der Waals surface area contributed by atoms with E-state index in [1.54, 1.807) is 0 Å². The van der Waals surface area contributed by atoms with Gasteiger partial charge < -0.3 is 9.80 Å². The van der Waals surface area contributed by atoms with Crippen molar-refractivity contribution >= 4 is 17.4 Å². The Morgan fingerprint density at radius 2 is 1.83 bits per heavy atom.